The van der Waals surface area contributed by atoms with Crippen molar-refractivity contribution in [2.24, 2.45) is 0 Å². The quantitative estimate of drug-likeness (QED) is 0.468. The monoisotopic (exact) mass is 472 g/mol. The van der Waals surface area contributed by atoms with Crippen molar-refractivity contribution in [3.05, 3.63) is 75.1 Å². The molecule has 1 aromatic heterocycles. The molecule has 7 nitrogen and oxygen atoms in total. The van der Waals surface area contributed by atoms with Crippen molar-refractivity contribution in [3.63, 3.8) is 0 Å². The largest absolute Gasteiger partial charge is 0.484 e. The summed E-state index contributed by atoms with van der Waals surface area (Å²) in [5.41, 5.74) is 1.92. The maximum absolute atomic E-state index is 12.9. The first kappa shape index (κ1) is 23.3. The second-order valence-corrected chi connectivity index (χ2v) is 8.25. The molecule has 0 aliphatic heterocycles. The fraction of sp³-hybridized carbons (Fsp3) is 0.174. The molecule has 3 rings (SSSR count). The normalized spacial score (nSPS) is 10.4. The summed E-state index contributed by atoms with van der Waals surface area (Å²) in [6.07, 6.45) is 0. The van der Waals surface area contributed by atoms with Crippen molar-refractivity contribution < 1.29 is 23.9 Å². The Bertz CT molecular complexity index is 1160. The molecule has 0 unspecified atom stereocenters. The fourth-order valence-corrected chi connectivity index (χ4v) is 4.14. The van der Waals surface area contributed by atoms with Crippen LogP contribution in [0.25, 0.3) is 0 Å². The summed E-state index contributed by atoms with van der Waals surface area (Å²) in [5.74, 6) is -1.03. The summed E-state index contributed by atoms with van der Waals surface area (Å²) in [4.78, 5) is 37.9. The van der Waals surface area contributed by atoms with Gasteiger partial charge in [0, 0.05) is 10.7 Å². The van der Waals surface area contributed by atoms with Crippen molar-refractivity contribution in [2.45, 2.75) is 13.8 Å². The standard InChI is InChI=1S/C23H21ClN2O5S/c1-13-9-10-15(11-17(13)24)25-21(28)20-14(2)19(23(29)30-3)22(32-20)26-18(27)12-31-16-7-5-4-6-8-16/h4-11H,12H2,1-3H3,(H,25,28)(H,26,27). The number of hydrogen-bond donors (Lipinski definition) is 2. The van der Waals surface area contributed by atoms with E-state index in [4.69, 9.17) is 21.1 Å². The van der Waals surface area contributed by atoms with Gasteiger partial charge < -0.3 is 20.1 Å². The molecule has 2 N–H and O–H groups in total. The maximum Gasteiger partial charge on any atom is 0.341 e. The highest BCUT2D eigenvalue weighted by molar-refractivity contribution is 7.19. The molecule has 2 aromatic carbocycles. The average Bonchev–Trinajstić information content (AvgIpc) is 3.10. The minimum absolute atomic E-state index is 0.123. The number of carbonyl (C=O) groups is 3. The van der Waals surface area contributed by atoms with Gasteiger partial charge in [-0.15, -0.1) is 11.3 Å². The van der Waals surface area contributed by atoms with E-state index in [-0.39, 0.29) is 22.0 Å². The Morgan fingerprint density at radius 3 is 2.41 bits per heavy atom. The van der Waals surface area contributed by atoms with Crippen LogP contribution in [0.1, 0.15) is 31.2 Å². The highest BCUT2D eigenvalue weighted by Crippen LogP contribution is 2.34. The van der Waals surface area contributed by atoms with E-state index < -0.39 is 17.8 Å². The molecule has 1 heterocycles. The minimum atomic E-state index is -0.657. The van der Waals surface area contributed by atoms with Crippen molar-refractivity contribution in [3.8, 4) is 5.75 Å². The van der Waals surface area contributed by atoms with Gasteiger partial charge in [0.25, 0.3) is 11.8 Å². The van der Waals surface area contributed by atoms with E-state index in [1.54, 1.807) is 49.4 Å². The maximum atomic E-state index is 12.9. The number of hydrogen-bond acceptors (Lipinski definition) is 6. The lowest BCUT2D eigenvalue weighted by molar-refractivity contribution is -0.118. The molecule has 3 aromatic rings. The van der Waals surface area contributed by atoms with Crippen LogP contribution in [-0.2, 0) is 9.53 Å². The number of para-hydroxylation sites is 1. The Hall–Kier alpha value is -3.36. The molecule has 0 fully saturated rings. The SMILES string of the molecule is COC(=O)c1c(NC(=O)COc2ccccc2)sc(C(=O)Nc2ccc(C)c(Cl)c2)c1C. The van der Waals surface area contributed by atoms with E-state index in [0.29, 0.717) is 22.0 Å². The number of aryl methyl sites for hydroxylation is 1. The Balaban J connectivity index is 1.80. The Labute approximate surface area is 194 Å². The van der Waals surface area contributed by atoms with Crippen molar-refractivity contribution >= 4 is 51.4 Å². The number of benzene rings is 2. The number of methoxy groups -OCH3 is 1. The Morgan fingerprint density at radius 2 is 1.75 bits per heavy atom. The van der Waals surface area contributed by atoms with Gasteiger partial charge in [-0.05, 0) is 49.2 Å². The highest BCUT2D eigenvalue weighted by Gasteiger charge is 2.26. The zero-order valence-corrected chi connectivity index (χ0v) is 19.2. The van der Waals surface area contributed by atoms with Crippen LogP contribution in [0.3, 0.4) is 0 Å². The third kappa shape index (κ3) is 5.46. The molecule has 2 amide bonds. The predicted octanol–water partition coefficient (Wildman–Crippen LogP) is 5.07. The first-order chi connectivity index (χ1) is 15.3. The molecule has 166 valence electrons. The summed E-state index contributed by atoms with van der Waals surface area (Å²) in [6, 6.07) is 14.0. The third-order valence-electron chi connectivity index (χ3n) is 4.54. The number of ether oxygens (including phenoxy) is 2. The highest BCUT2D eigenvalue weighted by atomic mass is 35.5. The summed E-state index contributed by atoms with van der Waals surface area (Å²) in [7, 11) is 1.23. The molecule has 0 aliphatic carbocycles. The number of anilines is 2. The fourth-order valence-electron chi connectivity index (χ4n) is 2.85. The second-order valence-electron chi connectivity index (χ2n) is 6.82. The molecule has 0 aliphatic rings. The van der Waals surface area contributed by atoms with Crippen LogP contribution in [0.2, 0.25) is 5.02 Å². The molecule has 32 heavy (non-hydrogen) atoms. The summed E-state index contributed by atoms with van der Waals surface area (Å²) in [5, 5.41) is 6.14. The Kier molecular flexibility index (Phi) is 7.50. The van der Waals surface area contributed by atoms with Gasteiger partial charge in [-0.3, -0.25) is 9.59 Å². The van der Waals surface area contributed by atoms with Crippen molar-refractivity contribution in [2.75, 3.05) is 24.4 Å². The molecule has 0 radical (unpaired) electrons. The molecular formula is C23H21ClN2O5S. The van der Waals surface area contributed by atoms with Gasteiger partial charge in [0.1, 0.15) is 10.8 Å². The first-order valence-electron chi connectivity index (χ1n) is 9.57. The molecule has 0 bridgehead atoms. The lowest BCUT2D eigenvalue weighted by Crippen LogP contribution is -2.21. The van der Waals surface area contributed by atoms with E-state index in [9.17, 15) is 14.4 Å². The Morgan fingerprint density at radius 1 is 1.03 bits per heavy atom. The van der Waals surface area contributed by atoms with Crippen molar-refractivity contribution in [1.82, 2.24) is 0 Å². The van der Waals surface area contributed by atoms with Crippen LogP contribution in [-0.4, -0.2) is 31.5 Å². The first-order valence-corrected chi connectivity index (χ1v) is 10.8. The van der Waals surface area contributed by atoms with Crippen LogP contribution < -0.4 is 15.4 Å². The van der Waals surface area contributed by atoms with Crippen LogP contribution in [0.15, 0.2) is 48.5 Å². The smallest absolute Gasteiger partial charge is 0.341 e. The molecule has 9 heteroatoms. The topological polar surface area (TPSA) is 93.7 Å². The molecule has 0 spiro atoms. The van der Waals surface area contributed by atoms with E-state index in [0.717, 1.165) is 16.9 Å². The van der Waals surface area contributed by atoms with E-state index >= 15 is 0 Å². The van der Waals surface area contributed by atoms with Crippen LogP contribution in [0, 0.1) is 13.8 Å². The van der Waals surface area contributed by atoms with Gasteiger partial charge in [0.05, 0.1) is 17.6 Å². The van der Waals surface area contributed by atoms with Crippen LogP contribution in [0.4, 0.5) is 10.7 Å². The van der Waals surface area contributed by atoms with Gasteiger partial charge in [-0.2, -0.15) is 0 Å². The third-order valence-corrected chi connectivity index (χ3v) is 6.15. The minimum Gasteiger partial charge on any atom is -0.484 e. The van der Waals surface area contributed by atoms with E-state index in [1.807, 2.05) is 13.0 Å². The molecular weight excluding hydrogens is 452 g/mol. The number of carbonyl (C=O) groups excluding carboxylic acids is 3. The number of amides is 2. The predicted molar refractivity (Wildman–Crippen MR) is 125 cm³/mol. The summed E-state index contributed by atoms with van der Waals surface area (Å²) in [6.45, 7) is 3.22. The van der Waals surface area contributed by atoms with Gasteiger partial charge in [-0.25, -0.2) is 4.79 Å². The summed E-state index contributed by atoms with van der Waals surface area (Å²) < 4.78 is 10.3. The average molecular weight is 473 g/mol. The lowest BCUT2D eigenvalue weighted by atomic mass is 10.1. The molecule has 0 saturated heterocycles. The second kappa shape index (κ2) is 10.3. The van der Waals surface area contributed by atoms with Crippen molar-refractivity contribution in [1.29, 1.82) is 0 Å². The van der Waals surface area contributed by atoms with Crippen LogP contribution >= 0.6 is 22.9 Å². The number of halogens is 1. The summed E-state index contributed by atoms with van der Waals surface area (Å²) >= 11 is 7.11. The number of esters is 1. The number of rotatable bonds is 7. The van der Waals surface area contributed by atoms with Gasteiger partial charge in [0.2, 0.25) is 0 Å². The zero-order valence-electron chi connectivity index (χ0n) is 17.7. The van der Waals surface area contributed by atoms with Crippen LogP contribution in [0.5, 0.6) is 5.75 Å². The van der Waals surface area contributed by atoms with E-state index in [1.165, 1.54) is 7.11 Å². The van der Waals surface area contributed by atoms with Gasteiger partial charge >= 0.3 is 5.97 Å². The van der Waals surface area contributed by atoms with Gasteiger partial charge in [-0.1, -0.05) is 35.9 Å². The number of nitrogens with one attached hydrogen (secondary N) is 2. The molecule has 0 saturated carbocycles. The molecule has 0 atom stereocenters. The van der Waals surface area contributed by atoms with Gasteiger partial charge in [0.15, 0.2) is 6.61 Å². The number of thiophene rings is 1. The lowest BCUT2D eigenvalue weighted by Gasteiger charge is -2.07. The van der Waals surface area contributed by atoms with E-state index in [2.05, 4.69) is 10.6 Å². The zero-order chi connectivity index (χ0) is 23.3.